The SMILES string of the molecule is CCOC(=O)C(/C(N)=N/N=Cc1ccc(Cl)c(Cl)c1)=C(/O)OCC. The predicted octanol–water partition coefficient (Wildman–Crippen LogP) is 3.05. The van der Waals surface area contributed by atoms with Gasteiger partial charge in [-0.05, 0) is 31.5 Å². The molecular weight excluding hydrogens is 357 g/mol. The minimum Gasteiger partial charge on any atom is -0.480 e. The number of carbonyl (C=O) groups excluding carboxylic acids is 1. The summed E-state index contributed by atoms with van der Waals surface area (Å²) >= 11 is 11.7. The Bertz CT molecular complexity index is 687. The van der Waals surface area contributed by atoms with Crippen molar-refractivity contribution in [3.8, 4) is 0 Å². The van der Waals surface area contributed by atoms with Gasteiger partial charge in [-0.1, -0.05) is 29.3 Å². The van der Waals surface area contributed by atoms with Gasteiger partial charge in [0.05, 0.1) is 29.5 Å². The fraction of sp³-hybridized carbons (Fsp3) is 0.267. The number of ether oxygens (including phenoxy) is 2. The summed E-state index contributed by atoms with van der Waals surface area (Å²) < 4.78 is 9.68. The lowest BCUT2D eigenvalue weighted by molar-refractivity contribution is -0.138. The van der Waals surface area contributed by atoms with E-state index in [1.54, 1.807) is 32.0 Å². The fourth-order valence-corrected chi connectivity index (χ4v) is 1.82. The molecule has 0 aliphatic rings. The highest BCUT2D eigenvalue weighted by atomic mass is 35.5. The summed E-state index contributed by atoms with van der Waals surface area (Å²) in [6, 6.07) is 4.85. The maximum absolute atomic E-state index is 11.9. The zero-order valence-electron chi connectivity index (χ0n) is 13.1. The van der Waals surface area contributed by atoms with E-state index in [1.807, 2.05) is 0 Å². The maximum atomic E-state index is 11.9. The zero-order valence-corrected chi connectivity index (χ0v) is 14.6. The summed E-state index contributed by atoms with van der Waals surface area (Å²) in [6.45, 7) is 3.48. The summed E-state index contributed by atoms with van der Waals surface area (Å²) in [5.74, 6) is -1.90. The molecule has 0 aliphatic carbocycles. The average molecular weight is 374 g/mol. The first-order valence-corrected chi connectivity index (χ1v) is 7.71. The van der Waals surface area contributed by atoms with E-state index < -0.39 is 17.5 Å². The monoisotopic (exact) mass is 373 g/mol. The highest BCUT2D eigenvalue weighted by Crippen LogP contribution is 2.21. The van der Waals surface area contributed by atoms with Gasteiger partial charge < -0.3 is 20.3 Å². The fourth-order valence-electron chi connectivity index (χ4n) is 1.51. The second-order valence-corrected chi connectivity index (χ2v) is 5.05. The van der Waals surface area contributed by atoms with Crippen LogP contribution >= 0.6 is 23.2 Å². The predicted molar refractivity (Wildman–Crippen MR) is 93.6 cm³/mol. The number of nitrogens with two attached hydrogens (primary N) is 1. The Labute approximate surface area is 149 Å². The number of esters is 1. The largest absolute Gasteiger partial charge is 0.480 e. The van der Waals surface area contributed by atoms with Crippen LogP contribution < -0.4 is 5.73 Å². The number of hydrogen-bond donors (Lipinski definition) is 2. The lowest BCUT2D eigenvalue weighted by Gasteiger charge is -2.08. The molecule has 0 unspecified atom stereocenters. The van der Waals surface area contributed by atoms with E-state index in [0.29, 0.717) is 15.6 Å². The second kappa shape index (κ2) is 9.79. The van der Waals surface area contributed by atoms with Crippen LogP contribution in [0.25, 0.3) is 0 Å². The van der Waals surface area contributed by atoms with Crippen LogP contribution in [-0.4, -0.2) is 36.3 Å². The number of carbonyl (C=O) groups is 1. The highest BCUT2D eigenvalue weighted by Gasteiger charge is 2.22. The number of aliphatic hydroxyl groups is 1. The molecule has 3 N–H and O–H groups in total. The molecule has 1 aromatic carbocycles. The van der Waals surface area contributed by atoms with Gasteiger partial charge in [0.2, 0.25) is 0 Å². The molecule has 7 nitrogen and oxygen atoms in total. The first-order chi connectivity index (χ1) is 11.4. The molecule has 24 heavy (non-hydrogen) atoms. The van der Waals surface area contributed by atoms with Gasteiger partial charge in [0.15, 0.2) is 11.4 Å². The normalized spacial score (nSPS) is 12.9. The van der Waals surface area contributed by atoms with E-state index >= 15 is 0 Å². The van der Waals surface area contributed by atoms with Crippen LogP contribution in [0.2, 0.25) is 10.0 Å². The Hall–Kier alpha value is -2.25. The third-order valence-electron chi connectivity index (χ3n) is 2.55. The van der Waals surface area contributed by atoms with E-state index in [0.717, 1.165) is 0 Å². The zero-order chi connectivity index (χ0) is 18.1. The van der Waals surface area contributed by atoms with Gasteiger partial charge in [-0.25, -0.2) is 4.79 Å². The van der Waals surface area contributed by atoms with Crippen molar-refractivity contribution < 1.29 is 19.4 Å². The van der Waals surface area contributed by atoms with Crippen molar-refractivity contribution in [1.82, 2.24) is 0 Å². The molecule has 0 amide bonds. The second-order valence-electron chi connectivity index (χ2n) is 4.24. The molecule has 0 radical (unpaired) electrons. The Balaban J connectivity index is 3.04. The summed E-state index contributed by atoms with van der Waals surface area (Å²) in [5.41, 5.74) is 5.91. The van der Waals surface area contributed by atoms with E-state index in [2.05, 4.69) is 10.2 Å². The number of halogens is 2. The van der Waals surface area contributed by atoms with Crippen LogP contribution in [0.5, 0.6) is 0 Å². The first-order valence-electron chi connectivity index (χ1n) is 6.95. The summed E-state index contributed by atoms with van der Waals surface area (Å²) in [5, 5.41) is 18.0. The van der Waals surface area contributed by atoms with E-state index in [4.69, 9.17) is 38.4 Å². The molecule has 9 heteroatoms. The molecule has 0 saturated carbocycles. The van der Waals surface area contributed by atoms with Gasteiger partial charge in [0.25, 0.3) is 5.95 Å². The van der Waals surface area contributed by atoms with Crippen LogP contribution in [0.15, 0.2) is 39.9 Å². The van der Waals surface area contributed by atoms with E-state index in [9.17, 15) is 9.90 Å². The molecule has 0 atom stereocenters. The number of hydrogen-bond acceptors (Lipinski definition) is 6. The van der Waals surface area contributed by atoms with Gasteiger partial charge in [0.1, 0.15) is 0 Å². The molecule has 0 aliphatic heterocycles. The van der Waals surface area contributed by atoms with Crippen LogP contribution in [0, 0.1) is 0 Å². The van der Waals surface area contributed by atoms with Crippen LogP contribution in [0.3, 0.4) is 0 Å². The Morgan fingerprint density at radius 3 is 2.50 bits per heavy atom. The smallest absolute Gasteiger partial charge is 0.349 e. The molecule has 1 rings (SSSR count). The Kier molecular flexibility index (Phi) is 8.08. The maximum Gasteiger partial charge on any atom is 0.349 e. The average Bonchev–Trinajstić information content (AvgIpc) is 2.51. The van der Waals surface area contributed by atoms with Crippen LogP contribution in [-0.2, 0) is 14.3 Å². The van der Waals surface area contributed by atoms with Gasteiger partial charge in [-0.15, -0.1) is 5.10 Å². The van der Waals surface area contributed by atoms with Crippen molar-refractivity contribution in [2.24, 2.45) is 15.9 Å². The van der Waals surface area contributed by atoms with Crippen LogP contribution in [0.1, 0.15) is 19.4 Å². The van der Waals surface area contributed by atoms with Crippen molar-refractivity contribution in [1.29, 1.82) is 0 Å². The van der Waals surface area contributed by atoms with E-state index in [-0.39, 0.29) is 19.0 Å². The van der Waals surface area contributed by atoms with Crippen molar-refractivity contribution >= 4 is 41.2 Å². The molecule has 0 heterocycles. The molecule has 1 aromatic rings. The summed E-state index contributed by atoms with van der Waals surface area (Å²) in [7, 11) is 0. The van der Waals surface area contributed by atoms with Crippen molar-refractivity contribution in [3.63, 3.8) is 0 Å². The molecule has 0 aromatic heterocycles. The lowest BCUT2D eigenvalue weighted by Crippen LogP contribution is -2.25. The minimum absolute atomic E-state index is 0.0988. The third-order valence-corrected chi connectivity index (χ3v) is 3.29. The first kappa shape index (κ1) is 19.8. The quantitative estimate of drug-likeness (QED) is 0.191. The molecule has 0 saturated heterocycles. The minimum atomic E-state index is -0.866. The lowest BCUT2D eigenvalue weighted by atomic mass is 10.2. The summed E-state index contributed by atoms with van der Waals surface area (Å²) in [6.07, 6.45) is 1.36. The van der Waals surface area contributed by atoms with Crippen molar-refractivity contribution in [2.75, 3.05) is 13.2 Å². The molecule has 0 spiro atoms. The number of rotatable bonds is 7. The molecule has 0 bridgehead atoms. The van der Waals surface area contributed by atoms with Gasteiger partial charge in [0, 0.05) is 0 Å². The van der Waals surface area contributed by atoms with Gasteiger partial charge in [-0.3, -0.25) is 0 Å². The Morgan fingerprint density at radius 2 is 1.92 bits per heavy atom. The number of amidine groups is 1. The summed E-state index contributed by atoms with van der Waals surface area (Å²) in [4.78, 5) is 11.9. The molecule has 130 valence electrons. The number of benzene rings is 1. The third kappa shape index (κ3) is 5.75. The van der Waals surface area contributed by atoms with Crippen molar-refractivity contribution in [2.45, 2.75) is 13.8 Å². The topological polar surface area (TPSA) is 107 Å². The van der Waals surface area contributed by atoms with Crippen molar-refractivity contribution in [3.05, 3.63) is 45.3 Å². The van der Waals surface area contributed by atoms with Gasteiger partial charge >= 0.3 is 5.97 Å². The number of aliphatic hydroxyl groups excluding tert-OH is 1. The molecule has 0 fully saturated rings. The molecular formula is C15H17Cl2N3O4. The van der Waals surface area contributed by atoms with E-state index in [1.165, 1.54) is 6.21 Å². The standard InChI is InChI=1S/C15H17Cl2N3O4/c1-3-23-14(21)12(15(22)24-4-2)13(18)20-19-8-9-5-6-10(16)11(17)7-9/h5-8,21H,3-4H2,1-2H3,(H2,18,20)/b14-12-,19-8?. The van der Waals surface area contributed by atoms with Gasteiger partial charge in [-0.2, -0.15) is 5.10 Å². The number of nitrogens with zero attached hydrogens (tertiary/aromatic N) is 2. The van der Waals surface area contributed by atoms with Crippen LogP contribution in [0.4, 0.5) is 0 Å². The Morgan fingerprint density at radius 1 is 1.25 bits per heavy atom. The highest BCUT2D eigenvalue weighted by molar-refractivity contribution is 6.42.